The second kappa shape index (κ2) is 8.15. The molecular weight excluding hydrogens is 293 g/mol. The number of carbonyl (C=O) groups is 2. The van der Waals surface area contributed by atoms with Crippen LogP contribution in [0.3, 0.4) is 0 Å². The molecule has 0 spiro atoms. The van der Waals surface area contributed by atoms with E-state index in [0.717, 1.165) is 0 Å². The van der Waals surface area contributed by atoms with Gasteiger partial charge >= 0.3 is 12.1 Å². The highest BCUT2D eigenvalue weighted by Gasteiger charge is 2.26. The molecule has 0 radical (unpaired) electrons. The standard InChI is InChI=1S/C11H20FNO6S/c1-7(18-9(14)11(2,3)4)19-10(15)13-5-8(12)6-20(16)17/h7-8H,5-6H2,1-4H3,(H,13,15)(H,16,17)/t7?,8-/m0/s1. The number of ether oxygens (including phenoxy) is 2. The number of alkyl halides is 1. The summed E-state index contributed by atoms with van der Waals surface area (Å²) in [7, 11) is 0. The fraction of sp³-hybridized carbons (Fsp3) is 0.818. The van der Waals surface area contributed by atoms with Gasteiger partial charge in [-0.2, -0.15) is 0 Å². The van der Waals surface area contributed by atoms with Crippen LogP contribution in [0.25, 0.3) is 0 Å². The van der Waals surface area contributed by atoms with Crippen molar-refractivity contribution in [3.8, 4) is 0 Å². The third kappa shape index (κ3) is 8.81. The van der Waals surface area contributed by atoms with Crippen molar-refractivity contribution in [1.29, 1.82) is 0 Å². The van der Waals surface area contributed by atoms with Crippen LogP contribution in [0.15, 0.2) is 0 Å². The summed E-state index contributed by atoms with van der Waals surface area (Å²) in [6.07, 6.45) is -3.77. The SMILES string of the molecule is CC(OC(=O)NC[C@H](F)CS(=O)O)OC(=O)C(C)(C)C. The number of hydrogen-bond donors (Lipinski definition) is 2. The monoisotopic (exact) mass is 313 g/mol. The minimum Gasteiger partial charge on any atom is -0.425 e. The molecule has 9 heteroatoms. The molecule has 0 fully saturated rings. The van der Waals surface area contributed by atoms with Crippen LogP contribution >= 0.6 is 0 Å². The Morgan fingerprint density at radius 2 is 1.90 bits per heavy atom. The highest BCUT2D eigenvalue weighted by molar-refractivity contribution is 7.79. The topological polar surface area (TPSA) is 102 Å². The van der Waals surface area contributed by atoms with E-state index in [0.29, 0.717) is 0 Å². The van der Waals surface area contributed by atoms with E-state index in [1.165, 1.54) is 6.92 Å². The number of esters is 1. The highest BCUT2D eigenvalue weighted by Crippen LogP contribution is 2.16. The van der Waals surface area contributed by atoms with Gasteiger partial charge in [-0.15, -0.1) is 0 Å². The molecule has 0 saturated carbocycles. The molecule has 20 heavy (non-hydrogen) atoms. The number of alkyl carbamates (subject to hydrolysis) is 1. The summed E-state index contributed by atoms with van der Waals surface area (Å²) in [5, 5.41) is 2.06. The molecule has 0 aromatic carbocycles. The van der Waals surface area contributed by atoms with Crippen molar-refractivity contribution >= 4 is 23.1 Å². The summed E-state index contributed by atoms with van der Waals surface area (Å²) < 4.78 is 41.3. The van der Waals surface area contributed by atoms with Gasteiger partial charge in [-0.3, -0.25) is 4.79 Å². The molecule has 0 aromatic rings. The molecule has 0 aliphatic heterocycles. The minimum atomic E-state index is -2.28. The van der Waals surface area contributed by atoms with Gasteiger partial charge in [0.25, 0.3) is 0 Å². The lowest BCUT2D eigenvalue weighted by Crippen LogP contribution is -2.36. The zero-order valence-electron chi connectivity index (χ0n) is 11.8. The first kappa shape index (κ1) is 18.8. The Balaban J connectivity index is 4.03. The van der Waals surface area contributed by atoms with Gasteiger partial charge in [-0.05, 0) is 20.8 Å². The quantitative estimate of drug-likeness (QED) is 0.434. The molecule has 0 saturated heterocycles. The Bertz CT molecular complexity index is 370. The van der Waals surface area contributed by atoms with Crippen LogP contribution in [0.5, 0.6) is 0 Å². The number of hydrogen-bond acceptors (Lipinski definition) is 5. The van der Waals surface area contributed by atoms with Crippen molar-refractivity contribution in [3.63, 3.8) is 0 Å². The molecule has 7 nitrogen and oxygen atoms in total. The molecule has 1 amide bonds. The lowest BCUT2D eigenvalue weighted by molar-refractivity contribution is -0.174. The van der Waals surface area contributed by atoms with Crippen molar-refractivity contribution in [3.05, 3.63) is 0 Å². The van der Waals surface area contributed by atoms with Gasteiger partial charge in [0.15, 0.2) is 11.1 Å². The van der Waals surface area contributed by atoms with Gasteiger partial charge in [0.05, 0.1) is 17.7 Å². The summed E-state index contributed by atoms with van der Waals surface area (Å²) >= 11 is -2.28. The van der Waals surface area contributed by atoms with Crippen molar-refractivity contribution < 1.29 is 32.2 Å². The van der Waals surface area contributed by atoms with Gasteiger partial charge in [0.1, 0.15) is 6.17 Å². The van der Waals surface area contributed by atoms with Gasteiger partial charge < -0.3 is 19.3 Å². The van der Waals surface area contributed by atoms with E-state index in [1.54, 1.807) is 20.8 Å². The molecule has 2 unspecified atom stereocenters. The Kier molecular flexibility index (Phi) is 7.66. The van der Waals surface area contributed by atoms with E-state index in [4.69, 9.17) is 9.29 Å². The summed E-state index contributed by atoms with van der Waals surface area (Å²) in [4.78, 5) is 22.7. The number of amides is 1. The zero-order valence-corrected chi connectivity index (χ0v) is 12.7. The van der Waals surface area contributed by atoms with E-state index in [9.17, 15) is 18.2 Å². The molecule has 3 atom stereocenters. The smallest absolute Gasteiger partial charge is 0.410 e. The van der Waals surface area contributed by atoms with E-state index in [-0.39, 0.29) is 0 Å². The lowest BCUT2D eigenvalue weighted by atomic mass is 9.97. The molecule has 0 bridgehead atoms. The maximum absolute atomic E-state index is 13.0. The average molecular weight is 313 g/mol. The molecule has 0 aliphatic rings. The highest BCUT2D eigenvalue weighted by atomic mass is 32.2. The summed E-state index contributed by atoms with van der Waals surface area (Å²) in [5.74, 6) is -1.15. The minimum absolute atomic E-state index is 0.467. The number of rotatable bonds is 6. The van der Waals surface area contributed by atoms with E-state index in [1.807, 2.05) is 0 Å². The van der Waals surface area contributed by atoms with Crippen LogP contribution < -0.4 is 5.32 Å². The van der Waals surface area contributed by atoms with Gasteiger partial charge in [0, 0.05) is 6.92 Å². The molecular formula is C11H20FNO6S. The van der Waals surface area contributed by atoms with Crippen LogP contribution in [0.4, 0.5) is 9.18 Å². The van der Waals surface area contributed by atoms with Crippen LogP contribution in [0, 0.1) is 5.41 Å². The van der Waals surface area contributed by atoms with Gasteiger partial charge in [-0.1, -0.05) is 0 Å². The van der Waals surface area contributed by atoms with Crippen molar-refractivity contribution in [2.75, 3.05) is 12.3 Å². The molecule has 0 aromatic heterocycles. The molecule has 0 rings (SSSR count). The van der Waals surface area contributed by atoms with Crippen LogP contribution in [-0.4, -0.2) is 45.6 Å². The average Bonchev–Trinajstić information content (AvgIpc) is 2.23. The first-order valence-corrected chi connectivity index (χ1v) is 7.17. The molecule has 0 heterocycles. The Morgan fingerprint density at radius 1 is 1.35 bits per heavy atom. The molecule has 2 N–H and O–H groups in total. The lowest BCUT2D eigenvalue weighted by Gasteiger charge is -2.20. The zero-order chi connectivity index (χ0) is 15.9. The normalized spacial score (nSPS) is 15.9. The molecule has 118 valence electrons. The third-order valence-corrected chi connectivity index (χ3v) is 2.60. The first-order valence-electron chi connectivity index (χ1n) is 5.89. The van der Waals surface area contributed by atoms with Gasteiger partial charge in [0.2, 0.25) is 6.29 Å². The summed E-state index contributed by atoms with van der Waals surface area (Å²) in [6.45, 7) is 5.81. The van der Waals surface area contributed by atoms with Crippen molar-refractivity contribution in [2.45, 2.75) is 40.2 Å². The van der Waals surface area contributed by atoms with Crippen LogP contribution in [0.2, 0.25) is 0 Å². The Morgan fingerprint density at radius 3 is 2.35 bits per heavy atom. The first-order chi connectivity index (χ1) is 9.02. The van der Waals surface area contributed by atoms with Crippen LogP contribution in [-0.2, 0) is 25.3 Å². The molecule has 0 aliphatic carbocycles. The summed E-state index contributed by atoms with van der Waals surface area (Å²) in [5.41, 5.74) is -0.733. The fourth-order valence-electron chi connectivity index (χ4n) is 0.952. The number of carbonyl (C=O) groups excluding carboxylic acids is 2. The van der Waals surface area contributed by atoms with Crippen molar-refractivity contribution in [1.82, 2.24) is 5.32 Å². The third-order valence-electron chi connectivity index (χ3n) is 1.95. The van der Waals surface area contributed by atoms with Crippen LogP contribution in [0.1, 0.15) is 27.7 Å². The van der Waals surface area contributed by atoms with Gasteiger partial charge in [-0.25, -0.2) is 13.4 Å². The van der Waals surface area contributed by atoms with Crippen molar-refractivity contribution in [2.24, 2.45) is 5.41 Å². The Hall–Kier alpha value is -1.22. The predicted molar refractivity (Wildman–Crippen MR) is 70.0 cm³/mol. The van der Waals surface area contributed by atoms with E-state index in [2.05, 4.69) is 10.1 Å². The number of halogens is 1. The second-order valence-corrected chi connectivity index (χ2v) is 6.07. The largest absolute Gasteiger partial charge is 0.425 e. The van der Waals surface area contributed by atoms with E-state index < -0.39 is 53.3 Å². The number of nitrogens with one attached hydrogen (secondary N) is 1. The maximum atomic E-state index is 13.0. The Labute approximate surface area is 119 Å². The summed E-state index contributed by atoms with van der Waals surface area (Å²) in [6, 6.07) is 0. The second-order valence-electron chi connectivity index (χ2n) is 5.09. The fourth-order valence-corrected chi connectivity index (χ4v) is 1.38. The predicted octanol–water partition coefficient (Wildman–Crippen LogP) is 1.21. The maximum Gasteiger partial charge on any atom is 0.410 e. The van der Waals surface area contributed by atoms with E-state index >= 15 is 0 Å².